The Labute approximate surface area is 140 Å². The number of carbonyl (C=O) groups is 1. The first-order valence-corrected chi connectivity index (χ1v) is 8.84. The van der Waals surface area contributed by atoms with Crippen molar-refractivity contribution in [2.24, 2.45) is 0 Å². The minimum atomic E-state index is 0.101. The van der Waals surface area contributed by atoms with Gasteiger partial charge in [0.25, 0.3) is 0 Å². The van der Waals surface area contributed by atoms with E-state index in [1.54, 1.807) is 30.3 Å². The normalized spacial score (nSPS) is 18.4. The lowest BCUT2D eigenvalue weighted by molar-refractivity contribution is -0.127. The Bertz CT molecular complexity index is 637. The van der Waals surface area contributed by atoms with Crippen molar-refractivity contribution in [1.82, 2.24) is 24.6 Å². The number of likely N-dealkylation sites (N-methyl/N-ethyl adjacent to an activating group) is 1. The van der Waals surface area contributed by atoms with Gasteiger partial charge in [0.05, 0.1) is 18.7 Å². The lowest BCUT2D eigenvalue weighted by Crippen LogP contribution is -2.32. The van der Waals surface area contributed by atoms with Crippen LogP contribution < -0.4 is 0 Å². The van der Waals surface area contributed by atoms with Crippen LogP contribution in [0, 0.1) is 0 Å². The second kappa shape index (κ2) is 7.23. The Morgan fingerprint density at radius 3 is 3.09 bits per heavy atom. The highest BCUT2D eigenvalue weighted by molar-refractivity contribution is 7.09. The van der Waals surface area contributed by atoms with Gasteiger partial charge in [-0.2, -0.15) is 5.10 Å². The van der Waals surface area contributed by atoms with Gasteiger partial charge in [0.2, 0.25) is 5.91 Å². The van der Waals surface area contributed by atoms with E-state index >= 15 is 0 Å². The Balaban J connectivity index is 1.58. The highest BCUT2D eigenvalue weighted by Crippen LogP contribution is 2.22. The average molecular weight is 333 g/mol. The number of thiazole rings is 1. The lowest BCUT2D eigenvalue weighted by Gasteiger charge is -2.23. The average Bonchev–Trinajstić information content (AvgIpc) is 3.24. The third kappa shape index (κ3) is 4.17. The minimum absolute atomic E-state index is 0.101. The summed E-state index contributed by atoms with van der Waals surface area (Å²) >= 11 is 1.58. The SMILES string of the molecule is CN(C)C(=O)Cc1nc(CN2CCC[C@H]2Cn2cccn2)cs1. The molecule has 2 aromatic rings. The Kier molecular flexibility index (Phi) is 5.07. The standard InChI is InChI=1S/C16H23N5OS/c1-19(2)16(22)9-15-18-13(12-23-15)10-20-7-3-5-14(20)11-21-8-4-6-17-21/h4,6,8,12,14H,3,5,7,9-11H2,1-2H3/t14-/m0/s1. The summed E-state index contributed by atoms with van der Waals surface area (Å²) in [5.41, 5.74) is 1.07. The largest absolute Gasteiger partial charge is 0.348 e. The van der Waals surface area contributed by atoms with Crippen LogP contribution >= 0.6 is 11.3 Å². The van der Waals surface area contributed by atoms with Crippen LogP contribution in [0.5, 0.6) is 0 Å². The van der Waals surface area contributed by atoms with Gasteiger partial charge >= 0.3 is 0 Å². The van der Waals surface area contributed by atoms with Crippen molar-refractivity contribution in [2.45, 2.75) is 38.4 Å². The molecule has 0 N–H and O–H groups in total. The summed E-state index contributed by atoms with van der Waals surface area (Å²) < 4.78 is 2.01. The monoisotopic (exact) mass is 333 g/mol. The smallest absolute Gasteiger partial charge is 0.228 e. The fourth-order valence-electron chi connectivity index (χ4n) is 2.93. The molecule has 1 fully saturated rings. The molecular formula is C16H23N5OS. The number of carbonyl (C=O) groups excluding carboxylic acids is 1. The van der Waals surface area contributed by atoms with Crippen molar-refractivity contribution in [1.29, 1.82) is 0 Å². The number of hydrogen-bond acceptors (Lipinski definition) is 5. The van der Waals surface area contributed by atoms with Crippen LogP contribution in [0.15, 0.2) is 23.8 Å². The Hall–Kier alpha value is -1.73. The highest BCUT2D eigenvalue weighted by Gasteiger charge is 2.25. The summed E-state index contributed by atoms with van der Waals surface area (Å²) in [5.74, 6) is 0.101. The molecule has 3 rings (SSSR count). The first-order chi connectivity index (χ1) is 11.1. The van der Waals surface area contributed by atoms with Gasteiger partial charge in [-0.05, 0) is 25.5 Å². The molecule has 1 atom stereocenters. The van der Waals surface area contributed by atoms with Gasteiger partial charge in [-0.15, -0.1) is 11.3 Å². The van der Waals surface area contributed by atoms with Gasteiger partial charge < -0.3 is 4.90 Å². The molecule has 1 aliphatic heterocycles. The zero-order valence-corrected chi connectivity index (χ0v) is 14.5. The van der Waals surface area contributed by atoms with E-state index < -0.39 is 0 Å². The van der Waals surface area contributed by atoms with Crippen molar-refractivity contribution < 1.29 is 4.79 Å². The molecule has 0 aliphatic carbocycles. The molecule has 0 bridgehead atoms. The third-order valence-electron chi connectivity index (χ3n) is 4.22. The summed E-state index contributed by atoms with van der Waals surface area (Å²) in [4.78, 5) is 20.5. The van der Waals surface area contributed by atoms with Crippen molar-refractivity contribution >= 4 is 17.2 Å². The molecule has 0 saturated carbocycles. The summed E-state index contributed by atoms with van der Waals surface area (Å²) in [5, 5.41) is 7.30. The van der Waals surface area contributed by atoms with Crippen molar-refractivity contribution in [3.05, 3.63) is 34.5 Å². The van der Waals surface area contributed by atoms with Crippen molar-refractivity contribution in [2.75, 3.05) is 20.6 Å². The summed E-state index contributed by atoms with van der Waals surface area (Å²) in [6.45, 7) is 2.90. The van der Waals surface area contributed by atoms with Gasteiger partial charge in [0.15, 0.2) is 0 Å². The van der Waals surface area contributed by atoms with Crippen LogP contribution in [0.1, 0.15) is 23.5 Å². The summed E-state index contributed by atoms with van der Waals surface area (Å²) in [6.07, 6.45) is 6.67. The van der Waals surface area contributed by atoms with E-state index in [4.69, 9.17) is 0 Å². The predicted octanol–water partition coefficient (Wildman–Crippen LogP) is 1.63. The molecule has 0 spiro atoms. The van der Waals surface area contributed by atoms with E-state index in [9.17, 15) is 4.79 Å². The van der Waals surface area contributed by atoms with Crippen LogP contribution in [-0.4, -0.2) is 57.2 Å². The number of hydrogen-bond donors (Lipinski definition) is 0. The van der Waals surface area contributed by atoms with Crippen molar-refractivity contribution in [3.63, 3.8) is 0 Å². The number of aromatic nitrogens is 3. The van der Waals surface area contributed by atoms with Crippen LogP contribution in [0.2, 0.25) is 0 Å². The molecule has 23 heavy (non-hydrogen) atoms. The van der Waals surface area contributed by atoms with Gasteiger partial charge in [0, 0.05) is 44.5 Å². The zero-order chi connectivity index (χ0) is 16.2. The van der Waals surface area contributed by atoms with E-state index in [0.29, 0.717) is 12.5 Å². The molecule has 6 nitrogen and oxygen atoms in total. The Morgan fingerprint density at radius 1 is 1.48 bits per heavy atom. The summed E-state index contributed by atoms with van der Waals surface area (Å²) in [7, 11) is 3.56. The zero-order valence-electron chi connectivity index (χ0n) is 13.7. The van der Waals surface area contributed by atoms with Crippen LogP contribution in [0.25, 0.3) is 0 Å². The molecule has 3 heterocycles. The van der Waals surface area contributed by atoms with Crippen LogP contribution in [-0.2, 0) is 24.3 Å². The van der Waals surface area contributed by atoms with E-state index in [1.165, 1.54) is 12.8 Å². The molecule has 0 aromatic carbocycles. The van der Waals surface area contributed by atoms with Gasteiger partial charge in [-0.25, -0.2) is 4.98 Å². The van der Waals surface area contributed by atoms with Gasteiger partial charge in [0.1, 0.15) is 5.01 Å². The topological polar surface area (TPSA) is 54.3 Å². The maximum Gasteiger partial charge on any atom is 0.228 e. The second-order valence-corrected chi connectivity index (χ2v) is 7.13. The molecular weight excluding hydrogens is 310 g/mol. The number of nitrogens with zero attached hydrogens (tertiary/aromatic N) is 5. The maximum absolute atomic E-state index is 11.8. The highest BCUT2D eigenvalue weighted by atomic mass is 32.1. The van der Waals surface area contributed by atoms with E-state index in [0.717, 1.165) is 30.3 Å². The van der Waals surface area contributed by atoms with E-state index in [-0.39, 0.29) is 5.91 Å². The molecule has 0 radical (unpaired) electrons. The molecule has 1 saturated heterocycles. The van der Waals surface area contributed by atoms with Crippen LogP contribution in [0.3, 0.4) is 0 Å². The number of amides is 1. The third-order valence-corrected chi connectivity index (χ3v) is 5.12. The van der Waals surface area contributed by atoms with Crippen molar-refractivity contribution in [3.8, 4) is 0 Å². The van der Waals surface area contributed by atoms with E-state index in [2.05, 4.69) is 20.4 Å². The predicted molar refractivity (Wildman–Crippen MR) is 90.2 cm³/mol. The number of rotatable bonds is 6. The fraction of sp³-hybridized carbons (Fsp3) is 0.562. The molecule has 124 valence electrons. The van der Waals surface area contributed by atoms with Crippen LogP contribution in [0.4, 0.5) is 0 Å². The van der Waals surface area contributed by atoms with E-state index in [1.807, 2.05) is 23.1 Å². The lowest BCUT2D eigenvalue weighted by atomic mass is 10.2. The first kappa shape index (κ1) is 16.1. The molecule has 0 unspecified atom stereocenters. The number of likely N-dealkylation sites (tertiary alicyclic amines) is 1. The van der Waals surface area contributed by atoms with Gasteiger partial charge in [-0.3, -0.25) is 14.4 Å². The second-order valence-electron chi connectivity index (χ2n) is 6.19. The fourth-order valence-corrected chi connectivity index (χ4v) is 3.71. The molecule has 1 amide bonds. The quantitative estimate of drug-likeness (QED) is 0.806. The summed E-state index contributed by atoms with van der Waals surface area (Å²) in [6, 6.07) is 2.48. The maximum atomic E-state index is 11.8. The molecule has 7 heteroatoms. The molecule has 1 aliphatic rings. The first-order valence-electron chi connectivity index (χ1n) is 7.96. The van der Waals surface area contributed by atoms with Gasteiger partial charge in [-0.1, -0.05) is 0 Å². The minimum Gasteiger partial charge on any atom is -0.348 e. The Morgan fingerprint density at radius 2 is 2.35 bits per heavy atom. The molecule has 2 aromatic heterocycles.